The van der Waals surface area contributed by atoms with Crippen LogP contribution in [-0.2, 0) is 0 Å². The number of nitrogen functional groups attached to an aromatic ring is 1. The number of anilines is 2. The fraction of sp³-hybridized carbons (Fsp3) is 0.364. The third-order valence-corrected chi connectivity index (χ3v) is 3.01. The molecule has 0 fully saturated rings. The van der Waals surface area contributed by atoms with Crippen molar-refractivity contribution in [2.24, 2.45) is 0 Å². The third kappa shape index (κ3) is 4.68. The van der Waals surface area contributed by atoms with Crippen molar-refractivity contribution in [2.75, 3.05) is 38.2 Å². The molecule has 0 unspecified atom stereocenters. The highest BCUT2D eigenvalue weighted by atomic mass is 127. The number of nitrogens with two attached hydrogens (primary N) is 1. The average Bonchev–Trinajstić information content (AvgIpc) is 2.26. The minimum absolute atomic E-state index is 0.0844. The van der Waals surface area contributed by atoms with Crippen LogP contribution in [0.2, 0.25) is 0 Å². The molecule has 0 heterocycles. The zero-order valence-electron chi connectivity index (χ0n) is 9.96. The van der Waals surface area contributed by atoms with Crippen LogP contribution in [-0.4, -0.2) is 38.1 Å². The van der Waals surface area contributed by atoms with Crippen LogP contribution in [0.15, 0.2) is 18.2 Å². The second-order valence-corrected chi connectivity index (χ2v) is 4.95. The standard InChI is InChI=1S/C11H17IN4O/c1-16(2)11(17)15-6-5-14-10-4-3-8(13)7-9(10)12/h3-4,7,14H,5-6,13H2,1-2H3,(H,15,17). The Labute approximate surface area is 115 Å². The van der Waals surface area contributed by atoms with Crippen LogP contribution >= 0.6 is 22.6 Å². The summed E-state index contributed by atoms with van der Waals surface area (Å²) in [7, 11) is 3.43. The summed E-state index contributed by atoms with van der Waals surface area (Å²) in [4.78, 5) is 12.7. The molecule has 0 atom stereocenters. The van der Waals surface area contributed by atoms with Gasteiger partial charge in [-0.25, -0.2) is 4.79 Å². The number of carbonyl (C=O) groups is 1. The number of carbonyl (C=O) groups excluding carboxylic acids is 1. The van der Waals surface area contributed by atoms with Gasteiger partial charge in [0.1, 0.15) is 0 Å². The van der Waals surface area contributed by atoms with Gasteiger partial charge in [-0.3, -0.25) is 0 Å². The summed E-state index contributed by atoms with van der Waals surface area (Å²) in [6, 6.07) is 5.61. The Morgan fingerprint density at radius 3 is 2.71 bits per heavy atom. The monoisotopic (exact) mass is 348 g/mol. The fourth-order valence-electron chi connectivity index (χ4n) is 1.20. The van der Waals surface area contributed by atoms with Crippen LogP contribution < -0.4 is 16.4 Å². The van der Waals surface area contributed by atoms with Gasteiger partial charge in [0.05, 0.1) is 0 Å². The van der Waals surface area contributed by atoms with Gasteiger partial charge in [-0.05, 0) is 40.8 Å². The normalized spacial score (nSPS) is 9.82. The Morgan fingerprint density at radius 1 is 1.41 bits per heavy atom. The van der Waals surface area contributed by atoms with Crippen LogP contribution in [0.1, 0.15) is 0 Å². The summed E-state index contributed by atoms with van der Waals surface area (Å²) in [6.07, 6.45) is 0. The summed E-state index contributed by atoms with van der Waals surface area (Å²) in [5, 5.41) is 6.02. The van der Waals surface area contributed by atoms with Crippen LogP contribution in [0.5, 0.6) is 0 Å². The van der Waals surface area contributed by atoms with E-state index in [4.69, 9.17) is 5.73 Å². The van der Waals surface area contributed by atoms with Crippen molar-refractivity contribution in [3.63, 3.8) is 0 Å². The molecule has 0 bridgehead atoms. The van der Waals surface area contributed by atoms with Gasteiger partial charge in [0, 0.05) is 42.1 Å². The molecule has 0 aromatic heterocycles. The van der Waals surface area contributed by atoms with Gasteiger partial charge in [0.2, 0.25) is 0 Å². The second-order valence-electron chi connectivity index (χ2n) is 3.79. The molecular weight excluding hydrogens is 331 g/mol. The lowest BCUT2D eigenvalue weighted by atomic mass is 10.3. The maximum atomic E-state index is 11.2. The SMILES string of the molecule is CN(C)C(=O)NCCNc1ccc(N)cc1I. The van der Waals surface area contributed by atoms with Gasteiger partial charge < -0.3 is 21.3 Å². The molecule has 17 heavy (non-hydrogen) atoms. The number of rotatable bonds is 4. The minimum Gasteiger partial charge on any atom is -0.399 e. The number of nitrogens with zero attached hydrogens (tertiary/aromatic N) is 1. The Bertz CT molecular complexity index is 395. The van der Waals surface area contributed by atoms with E-state index in [0.717, 1.165) is 14.9 Å². The van der Waals surface area contributed by atoms with Gasteiger partial charge in [0.25, 0.3) is 0 Å². The van der Waals surface area contributed by atoms with E-state index in [1.807, 2.05) is 18.2 Å². The maximum absolute atomic E-state index is 11.2. The van der Waals surface area contributed by atoms with Crippen molar-refractivity contribution < 1.29 is 4.79 Å². The van der Waals surface area contributed by atoms with E-state index in [1.165, 1.54) is 4.90 Å². The molecule has 0 aliphatic carbocycles. The first-order valence-electron chi connectivity index (χ1n) is 5.24. The van der Waals surface area contributed by atoms with Crippen molar-refractivity contribution in [1.82, 2.24) is 10.2 Å². The number of halogens is 1. The van der Waals surface area contributed by atoms with E-state index in [-0.39, 0.29) is 6.03 Å². The van der Waals surface area contributed by atoms with E-state index in [2.05, 4.69) is 33.2 Å². The molecule has 0 aliphatic rings. The first kappa shape index (κ1) is 13.9. The van der Waals surface area contributed by atoms with E-state index in [1.54, 1.807) is 14.1 Å². The zero-order valence-corrected chi connectivity index (χ0v) is 12.1. The molecule has 6 heteroatoms. The number of benzene rings is 1. The molecule has 0 saturated carbocycles. The lowest BCUT2D eigenvalue weighted by Gasteiger charge is -2.13. The van der Waals surface area contributed by atoms with Crippen LogP contribution in [0.25, 0.3) is 0 Å². The number of hydrogen-bond donors (Lipinski definition) is 3. The molecule has 94 valence electrons. The van der Waals surface area contributed by atoms with Gasteiger partial charge in [-0.15, -0.1) is 0 Å². The molecule has 0 radical (unpaired) electrons. The van der Waals surface area contributed by atoms with Crippen molar-refractivity contribution in [3.8, 4) is 0 Å². The first-order valence-corrected chi connectivity index (χ1v) is 6.32. The highest BCUT2D eigenvalue weighted by molar-refractivity contribution is 14.1. The molecule has 1 aromatic rings. The topological polar surface area (TPSA) is 70.4 Å². The highest BCUT2D eigenvalue weighted by Gasteiger charge is 2.02. The number of amides is 2. The molecular formula is C11H17IN4O. The van der Waals surface area contributed by atoms with E-state index >= 15 is 0 Å². The van der Waals surface area contributed by atoms with Gasteiger partial charge in [0.15, 0.2) is 0 Å². The van der Waals surface area contributed by atoms with Crippen LogP contribution in [0, 0.1) is 3.57 Å². The number of hydrogen-bond acceptors (Lipinski definition) is 3. The molecule has 5 nitrogen and oxygen atoms in total. The van der Waals surface area contributed by atoms with E-state index < -0.39 is 0 Å². The maximum Gasteiger partial charge on any atom is 0.316 e. The second kappa shape index (κ2) is 6.53. The Morgan fingerprint density at radius 2 is 2.12 bits per heavy atom. The van der Waals surface area contributed by atoms with E-state index in [9.17, 15) is 4.79 Å². The highest BCUT2D eigenvalue weighted by Crippen LogP contribution is 2.20. The lowest BCUT2D eigenvalue weighted by molar-refractivity contribution is 0.218. The Balaban J connectivity index is 2.34. The first-order chi connectivity index (χ1) is 8.00. The molecule has 4 N–H and O–H groups in total. The summed E-state index contributed by atoms with van der Waals surface area (Å²) in [5.74, 6) is 0. The number of nitrogens with one attached hydrogen (secondary N) is 2. The molecule has 0 saturated heterocycles. The molecule has 0 spiro atoms. The predicted molar refractivity (Wildman–Crippen MR) is 79.1 cm³/mol. The summed E-state index contributed by atoms with van der Waals surface area (Å²) < 4.78 is 1.07. The average molecular weight is 348 g/mol. The quantitative estimate of drug-likeness (QED) is 0.439. The largest absolute Gasteiger partial charge is 0.399 e. The fourth-order valence-corrected chi connectivity index (χ4v) is 1.93. The van der Waals surface area contributed by atoms with Crippen LogP contribution in [0.4, 0.5) is 16.2 Å². The number of urea groups is 1. The molecule has 0 aliphatic heterocycles. The molecule has 1 aromatic carbocycles. The molecule has 2 amide bonds. The summed E-state index contributed by atoms with van der Waals surface area (Å²) >= 11 is 2.22. The third-order valence-electron chi connectivity index (χ3n) is 2.12. The van der Waals surface area contributed by atoms with Gasteiger partial charge in [-0.2, -0.15) is 0 Å². The van der Waals surface area contributed by atoms with E-state index in [0.29, 0.717) is 13.1 Å². The lowest BCUT2D eigenvalue weighted by Crippen LogP contribution is -2.37. The Kier molecular flexibility index (Phi) is 5.33. The summed E-state index contributed by atoms with van der Waals surface area (Å²) in [6.45, 7) is 1.26. The van der Waals surface area contributed by atoms with Gasteiger partial charge >= 0.3 is 6.03 Å². The van der Waals surface area contributed by atoms with Crippen LogP contribution in [0.3, 0.4) is 0 Å². The van der Waals surface area contributed by atoms with Crippen molar-refractivity contribution >= 4 is 40.0 Å². The predicted octanol–water partition coefficient (Wildman–Crippen LogP) is 1.56. The van der Waals surface area contributed by atoms with Crippen molar-refractivity contribution in [3.05, 3.63) is 21.8 Å². The molecule has 1 rings (SSSR count). The Hall–Kier alpha value is -1.18. The van der Waals surface area contributed by atoms with Crippen molar-refractivity contribution in [1.29, 1.82) is 0 Å². The van der Waals surface area contributed by atoms with Crippen molar-refractivity contribution in [2.45, 2.75) is 0 Å². The van der Waals surface area contributed by atoms with Gasteiger partial charge in [-0.1, -0.05) is 0 Å². The zero-order chi connectivity index (χ0) is 12.8. The minimum atomic E-state index is -0.0844. The summed E-state index contributed by atoms with van der Waals surface area (Å²) in [5.41, 5.74) is 7.44. The smallest absolute Gasteiger partial charge is 0.316 e.